The van der Waals surface area contributed by atoms with Crippen LogP contribution in [0.3, 0.4) is 0 Å². The van der Waals surface area contributed by atoms with E-state index in [2.05, 4.69) is 5.32 Å². The van der Waals surface area contributed by atoms with Crippen LogP contribution in [0.1, 0.15) is 25.8 Å². The van der Waals surface area contributed by atoms with Gasteiger partial charge in [0.25, 0.3) is 0 Å². The van der Waals surface area contributed by atoms with E-state index in [0.717, 1.165) is 16.1 Å². The van der Waals surface area contributed by atoms with Crippen LogP contribution in [-0.2, 0) is 26.2 Å². The molecule has 0 heterocycles. The van der Waals surface area contributed by atoms with E-state index in [-0.39, 0.29) is 23.2 Å². The van der Waals surface area contributed by atoms with E-state index in [0.29, 0.717) is 18.7 Å². The monoisotopic (exact) mass is 495 g/mol. The summed E-state index contributed by atoms with van der Waals surface area (Å²) in [7, 11) is -2.29. The van der Waals surface area contributed by atoms with Crippen molar-refractivity contribution in [2.45, 2.75) is 32.9 Å². The van der Waals surface area contributed by atoms with E-state index < -0.39 is 28.5 Å². The molecule has 0 saturated carbocycles. The molecule has 2 aromatic rings. The topological polar surface area (TPSA) is 96.0 Å². The number of hydrogen-bond acceptors (Lipinski definition) is 5. The van der Waals surface area contributed by atoms with E-state index in [9.17, 15) is 18.0 Å². The highest BCUT2D eigenvalue weighted by Crippen LogP contribution is 2.27. The van der Waals surface area contributed by atoms with Crippen molar-refractivity contribution in [3.8, 4) is 5.75 Å². The van der Waals surface area contributed by atoms with Crippen molar-refractivity contribution >= 4 is 39.1 Å². The van der Waals surface area contributed by atoms with Gasteiger partial charge >= 0.3 is 0 Å². The molecule has 2 aromatic carbocycles. The second-order valence-electron chi connectivity index (χ2n) is 7.41. The number of likely N-dealkylation sites (N-methyl/N-ethyl adjacent to an activating group) is 1. The van der Waals surface area contributed by atoms with E-state index in [4.69, 9.17) is 16.3 Å². The van der Waals surface area contributed by atoms with Gasteiger partial charge in [-0.1, -0.05) is 42.8 Å². The lowest BCUT2D eigenvalue weighted by Gasteiger charge is -2.33. The number of methoxy groups -OCH3 is 1. The Balaban J connectivity index is 2.46. The van der Waals surface area contributed by atoms with Gasteiger partial charge in [-0.05, 0) is 43.2 Å². The van der Waals surface area contributed by atoms with Gasteiger partial charge in [-0.15, -0.1) is 0 Å². The molecular formula is C23H30ClN3O5S. The van der Waals surface area contributed by atoms with Gasteiger partial charge in [0, 0.05) is 13.1 Å². The SMILES string of the molecule is CCNC(=O)C(CC)N(Cc1cccc(OC)c1)C(=O)CN(c1ccccc1Cl)S(C)(=O)=O. The number of amides is 2. The minimum absolute atomic E-state index is 0.103. The molecule has 0 aliphatic rings. The molecule has 33 heavy (non-hydrogen) atoms. The number of rotatable bonds is 11. The molecule has 2 amide bonds. The Kier molecular flexibility index (Phi) is 9.55. The maximum atomic E-state index is 13.5. The van der Waals surface area contributed by atoms with Crippen LogP contribution in [0.5, 0.6) is 5.75 Å². The Morgan fingerprint density at radius 2 is 1.82 bits per heavy atom. The number of ether oxygens (including phenoxy) is 1. The molecule has 0 saturated heterocycles. The molecule has 0 aliphatic carbocycles. The van der Waals surface area contributed by atoms with Gasteiger partial charge in [-0.2, -0.15) is 0 Å². The van der Waals surface area contributed by atoms with Gasteiger partial charge in [0.15, 0.2) is 0 Å². The normalized spacial score (nSPS) is 12.0. The molecule has 8 nitrogen and oxygen atoms in total. The number of carbonyl (C=O) groups excluding carboxylic acids is 2. The average molecular weight is 496 g/mol. The Labute approximate surface area is 200 Å². The standard InChI is InChI=1S/C23H30ClN3O5S/c1-5-20(23(29)25-6-2)26(15-17-10-9-11-18(14-17)32-3)22(28)16-27(33(4,30)31)21-13-8-7-12-19(21)24/h7-14,20H,5-6,15-16H2,1-4H3,(H,25,29). The summed E-state index contributed by atoms with van der Waals surface area (Å²) in [5.74, 6) is -0.221. The first-order chi connectivity index (χ1) is 15.6. The van der Waals surface area contributed by atoms with E-state index in [1.807, 2.05) is 6.07 Å². The zero-order valence-corrected chi connectivity index (χ0v) is 20.8. The number of nitrogens with zero attached hydrogens (tertiary/aromatic N) is 2. The van der Waals surface area contributed by atoms with Crippen LogP contribution in [0.2, 0.25) is 5.02 Å². The van der Waals surface area contributed by atoms with E-state index >= 15 is 0 Å². The van der Waals surface area contributed by atoms with Crippen LogP contribution in [0, 0.1) is 0 Å². The number of sulfonamides is 1. The Hall–Kier alpha value is -2.78. The first-order valence-electron chi connectivity index (χ1n) is 10.5. The van der Waals surface area contributed by atoms with Crippen LogP contribution in [0.4, 0.5) is 5.69 Å². The Bertz CT molecular complexity index is 1080. The summed E-state index contributed by atoms with van der Waals surface area (Å²) in [6, 6.07) is 12.8. The highest BCUT2D eigenvalue weighted by Gasteiger charge is 2.32. The van der Waals surface area contributed by atoms with Crippen molar-refractivity contribution in [1.29, 1.82) is 0 Å². The molecule has 0 spiro atoms. The maximum absolute atomic E-state index is 13.5. The first kappa shape index (κ1) is 26.5. The summed E-state index contributed by atoms with van der Waals surface area (Å²) >= 11 is 6.22. The lowest BCUT2D eigenvalue weighted by molar-refractivity contribution is -0.140. The van der Waals surface area contributed by atoms with Gasteiger partial charge in [0.1, 0.15) is 18.3 Å². The number of nitrogens with one attached hydrogen (secondary N) is 1. The summed E-state index contributed by atoms with van der Waals surface area (Å²) in [5.41, 5.74) is 0.941. The molecule has 0 radical (unpaired) electrons. The predicted molar refractivity (Wildman–Crippen MR) is 130 cm³/mol. The molecule has 0 aliphatic heterocycles. The van der Waals surface area contributed by atoms with Crippen LogP contribution in [-0.4, -0.2) is 57.6 Å². The second kappa shape index (κ2) is 11.9. The Morgan fingerprint density at radius 3 is 2.39 bits per heavy atom. The molecule has 1 unspecified atom stereocenters. The number of hydrogen-bond donors (Lipinski definition) is 1. The molecule has 0 aromatic heterocycles. The number of para-hydroxylation sites is 1. The second-order valence-corrected chi connectivity index (χ2v) is 9.73. The summed E-state index contributed by atoms with van der Waals surface area (Å²) in [6.07, 6.45) is 1.36. The molecule has 1 N–H and O–H groups in total. The van der Waals surface area contributed by atoms with Gasteiger partial charge < -0.3 is 15.0 Å². The average Bonchev–Trinajstić information content (AvgIpc) is 2.77. The Morgan fingerprint density at radius 1 is 1.12 bits per heavy atom. The fourth-order valence-corrected chi connectivity index (χ4v) is 4.58. The fourth-order valence-electron chi connectivity index (χ4n) is 3.43. The van der Waals surface area contributed by atoms with E-state index in [1.54, 1.807) is 57.4 Å². The predicted octanol–water partition coefficient (Wildman–Crippen LogP) is 3.06. The quantitative estimate of drug-likeness (QED) is 0.517. The number of carbonyl (C=O) groups is 2. The van der Waals surface area contributed by atoms with Crippen molar-refractivity contribution in [3.63, 3.8) is 0 Å². The van der Waals surface area contributed by atoms with Crippen molar-refractivity contribution in [3.05, 3.63) is 59.1 Å². The largest absolute Gasteiger partial charge is 0.497 e. The van der Waals surface area contributed by atoms with Crippen LogP contribution in [0.15, 0.2) is 48.5 Å². The lowest BCUT2D eigenvalue weighted by atomic mass is 10.1. The van der Waals surface area contributed by atoms with Gasteiger partial charge in [0.05, 0.1) is 24.1 Å². The van der Waals surface area contributed by atoms with Gasteiger partial charge in [-0.3, -0.25) is 13.9 Å². The number of benzene rings is 2. The number of halogens is 1. The molecule has 180 valence electrons. The summed E-state index contributed by atoms with van der Waals surface area (Å²) in [6.45, 7) is 3.61. The van der Waals surface area contributed by atoms with Crippen molar-refractivity contribution in [2.75, 3.05) is 30.8 Å². The van der Waals surface area contributed by atoms with Crippen LogP contribution in [0.25, 0.3) is 0 Å². The third kappa shape index (κ3) is 7.10. The smallest absolute Gasteiger partial charge is 0.244 e. The molecule has 1 atom stereocenters. The fraction of sp³-hybridized carbons (Fsp3) is 0.391. The van der Waals surface area contributed by atoms with Crippen molar-refractivity contribution in [1.82, 2.24) is 10.2 Å². The maximum Gasteiger partial charge on any atom is 0.244 e. The minimum atomic E-state index is -3.83. The molecule has 2 rings (SSSR count). The third-order valence-electron chi connectivity index (χ3n) is 5.02. The van der Waals surface area contributed by atoms with Crippen molar-refractivity contribution < 1.29 is 22.7 Å². The molecule has 0 bridgehead atoms. The first-order valence-corrected chi connectivity index (χ1v) is 12.8. The highest BCUT2D eigenvalue weighted by atomic mass is 35.5. The van der Waals surface area contributed by atoms with Crippen LogP contribution < -0.4 is 14.4 Å². The highest BCUT2D eigenvalue weighted by molar-refractivity contribution is 7.92. The third-order valence-corrected chi connectivity index (χ3v) is 6.47. The summed E-state index contributed by atoms with van der Waals surface area (Å²) in [5, 5.41) is 2.95. The summed E-state index contributed by atoms with van der Waals surface area (Å²) in [4.78, 5) is 27.7. The molecule has 10 heteroatoms. The van der Waals surface area contributed by atoms with Gasteiger partial charge in [-0.25, -0.2) is 8.42 Å². The molecular weight excluding hydrogens is 466 g/mol. The van der Waals surface area contributed by atoms with Gasteiger partial charge in [0.2, 0.25) is 21.8 Å². The van der Waals surface area contributed by atoms with Crippen LogP contribution >= 0.6 is 11.6 Å². The zero-order valence-electron chi connectivity index (χ0n) is 19.2. The molecule has 0 fully saturated rings. The number of anilines is 1. The zero-order chi connectivity index (χ0) is 24.6. The lowest BCUT2D eigenvalue weighted by Crippen LogP contribution is -2.52. The minimum Gasteiger partial charge on any atom is -0.497 e. The van der Waals surface area contributed by atoms with Crippen molar-refractivity contribution in [2.24, 2.45) is 0 Å². The van der Waals surface area contributed by atoms with E-state index in [1.165, 1.54) is 11.0 Å². The summed E-state index contributed by atoms with van der Waals surface area (Å²) < 4.78 is 31.3.